The van der Waals surface area contributed by atoms with Gasteiger partial charge in [0.1, 0.15) is 0 Å². The van der Waals surface area contributed by atoms with Gasteiger partial charge in [-0.3, -0.25) is 4.79 Å². The van der Waals surface area contributed by atoms with Crippen LogP contribution in [-0.4, -0.2) is 24.4 Å². The van der Waals surface area contributed by atoms with Crippen LogP contribution < -0.4 is 14.8 Å². The molecular weight excluding hydrogens is 258 g/mol. The molecule has 1 aliphatic rings. The van der Waals surface area contributed by atoms with E-state index in [-0.39, 0.29) is 12.7 Å². The number of fused-ring (bicyclic) bond motifs is 1. The predicted octanol–water partition coefficient (Wildman–Crippen LogP) is 2.15. The van der Waals surface area contributed by atoms with E-state index in [1.165, 1.54) is 6.42 Å². The maximum absolute atomic E-state index is 11.8. The Bertz CT molecular complexity index is 461. The van der Waals surface area contributed by atoms with Gasteiger partial charge in [0.05, 0.1) is 0 Å². The van der Waals surface area contributed by atoms with Gasteiger partial charge in [0.15, 0.2) is 17.6 Å². The van der Waals surface area contributed by atoms with Crippen molar-refractivity contribution in [2.75, 3.05) is 13.3 Å². The first-order valence-corrected chi connectivity index (χ1v) is 7.07. The van der Waals surface area contributed by atoms with Crippen LogP contribution >= 0.6 is 0 Å². The number of ether oxygens (including phenoxy) is 2. The van der Waals surface area contributed by atoms with Gasteiger partial charge in [-0.25, -0.2) is 0 Å². The first-order valence-electron chi connectivity index (χ1n) is 7.07. The van der Waals surface area contributed by atoms with Crippen LogP contribution in [0.3, 0.4) is 0 Å². The highest BCUT2D eigenvalue weighted by atomic mass is 16.7. The van der Waals surface area contributed by atoms with Crippen molar-refractivity contribution in [2.24, 2.45) is 0 Å². The third-order valence-corrected chi connectivity index (χ3v) is 3.29. The Morgan fingerprint density at radius 1 is 1.30 bits per heavy atom. The molecule has 5 nitrogen and oxygen atoms in total. The van der Waals surface area contributed by atoms with Crippen LogP contribution in [-0.2, 0) is 4.79 Å². The normalized spacial score (nSPS) is 14.1. The van der Waals surface area contributed by atoms with Crippen molar-refractivity contribution >= 4 is 5.91 Å². The summed E-state index contributed by atoms with van der Waals surface area (Å²) in [5.41, 5.74) is 0.514. The van der Waals surface area contributed by atoms with E-state index < -0.39 is 6.10 Å². The van der Waals surface area contributed by atoms with Crippen LogP contribution in [0.15, 0.2) is 18.2 Å². The highest BCUT2D eigenvalue weighted by Gasteiger charge is 2.21. The van der Waals surface area contributed by atoms with Crippen molar-refractivity contribution in [1.82, 2.24) is 5.32 Å². The van der Waals surface area contributed by atoms with Crippen LogP contribution in [0, 0.1) is 0 Å². The summed E-state index contributed by atoms with van der Waals surface area (Å²) in [5.74, 6) is 0.832. The van der Waals surface area contributed by atoms with Crippen LogP contribution in [0.4, 0.5) is 0 Å². The van der Waals surface area contributed by atoms with Gasteiger partial charge in [-0.1, -0.05) is 32.3 Å². The molecule has 1 atom stereocenters. The largest absolute Gasteiger partial charge is 0.454 e. The minimum Gasteiger partial charge on any atom is -0.454 e. The van der Waals surface area contributed by atoms with Crippen molar-refractivity contribution in [3.8, 4) is 11.5 Å². The van der Waals surface area contributed by atoms with E-state index in [2.05, 4.69) is 12.2 Å². The van der Waals surface area contributed by atoms with E-state index in [0.717, 1.165) is 19.3 Å². The number of carbonyl (C=O) groups is 1. The number of amides is 1. The number of nitrogens with one attached hydrogen (secondary N) is 1. The Morgan fingerprint density at radius 2 is 2.10 bits per heavy atom. The summed E-state index contributed by atoms with van der Waals surface area (Å²) < 4.78 is 10.4. The van der Waals surface area contributed by atoms with Crippen LogP contribution in [0.2, 0.25) is 0 Å². The van der Waals surface area contributed by atoms with Crippen LogP contribution in [0.25, 0.3) is 0 Å². The molecule has 0 aromatic heterocycles. The second-order valence-corrected chi connectivity index (χ2v) is 4.87. The smallest absolute Gasteiger partial charge is 0.253 e. The van der Waals surface area contributed by atoms with Gasteiger partial charge in [0.25, 0.3) is 5.91 Å². The molecule has 0 bridgehead atoms. The van der Waals surface area contributed by atoms with E-state index in [1.54, 1.807) is 18.2 Å². The lowest BCUT2D eigenvalue weighted by Gasteiger charge is -2.12. The Kier molecular flexibility index (Phi) is 5.24. The zero-order valence-electron chi connectivity index (χ0n) is 11.7. The predicted molar refractivity (Wildman–Crippen MR) is 74.7 cm³/mol. The third kappa shape index (κ3) is 3.63. The van der Waals surface area contributed by atoms with Crippen molar-refractivity contribution in [3.63, 3.8) is 0 Å². The molecule has 2 N–H and O–H groups in total. The number of rotatable bonds is 7. The molecule has 0 saturated carbocycles. The average Bonchev–Trinajstić information content (AvgIpc) is 2.93. The fourth-order valence-corrected chi connectivity index (χ4v) is 2.09. The molecule has 2 rings (SSSR count). The SMILES string of the molecule is CCCCCCNC(=O)C(O)c1ccc2c(c1)OCO2. The van der Waals surface area contributed by atoms with Crippen molar-refractivity contribution in [2.45, 2.75) is 38.7 Å². The number of aliphatic hydroxyl groups excluding tert-OH is 1. The summed E-state index contributed by atoms with van der Waals surface area (Å²) in [4.78, 5) is 11.8. The molecule has 5 heteroatoms. The number of unbranched alkanes of at least 4 members (excludes halogenated alkanes) is 3. The third-order valence-electron chi connectivity index (χ3n) is 3.29. The Balaban J connectivity index is 1.84. The summed E-state index contributed by atoms with van der Waals surface area (Å²) in [7, 11) is 0. The quantitative estimate of drug-likeness (QED) is 0.750. The van der Waals surface area contributed by atoms with Crippen LogP contribution in [0.1, 0.15) is 44.3 Å². The molecule has 0 spiro atoms. The summed E-state index contributed by atoms with van der Waals surface area (Å²) in [6, 6.07) is 5.02. The van der Waals surface area contributed by atoms with Gasteiger partial charge in [-0.15, -0.1) is 0 Å². The first kappa shape index (κ1) is 14.7. The number of hydrogen-bond donors (Lipinski definition) is 2. The first-order chi connectivity index (χ1) is 9.72. The highest BCUT2D eigenvalue weighted by Crippen LogP contribution is 2.34. The summed E-state index contributed by atoms with van der Waals surface area (Å²) >= 11 is 0. The Morgan fingerprint density at radius 3 is 2.90 bits per heavy atom. The Hall–Kier alpha value is -1.75. The molecule has 0 radical (unpaired) electrons. The van der Waals surface area contributed by atoms with Gasteiger partial charge >= 0.3 is 0 Å². The molecule has 20 heavy (non-hydrogen) atoms. The topological polar surface area (TPSA) is 67.8 Å². The molecule has 0 aliphatic carbocycles. The summed E-state index contributed by atoms with van der Waals surface area (Å²) in [6.07, 6.45) is 3.19. The standard InChI is InChI=1S/C15H21NO4/c1-2-3-4-5-8-16-15(18)14(17)11-6-7-12-13(9-11)20-10-19-12/h6-7,9,14,17H,2-5,8,10H2,1H3,(H,16,18). The molecule has 0 saturated heterocycles. The zero-order valence-corrected chi connectivity index (χ0v) is 11.7. The van der Waals surface area contributed by atoms with E-state index >= 15 is 0 Å². The van der Waals surface area contributed by atoms with Gasteiger partial charge in [0.2, 0.25) is 6.79 Å². The van der Waals surface area contributed by atoms with Gasteiger partial charge in [-0.05, 0) is 24.1 Å². The Labute approximate surface area is 118 Å². The lowest BCUT2D eigenvalue weighted by Crippen LogP contribution is -2.30. The van der Waals surface area contributed by atoms with E-state index in [4.69, 9.17) is 9.47 Å². The molecule has 1 unspecified atom stereocenters. The monoisotopic (exact) mass is 279 g/mol. The molecule has 110 valence electrons. The second kappa shape index (κ2) is 7.14. The number of benzene rings is 1. The van der Waals surface area contributed by atoms with E-state index in [0.29, 0.717) is 23.6 Å². The molecule has 1 aromatic carbocycles. The molecule has 1 aliphatic heterocycles. The lowest BCUT2D eigenvalue weighted by molar-refractivity contribution is -0.129. The van der Waals surface area contributed by atoms with Gasteiger partial charge in [-0.2, -0.15) is 0 Å². The van der Waals surface area contributed by atoms with E-state index in [1.807, 2.05) is 0 Å². The zero-order chi connectivity index (χ0) is 14.4. The van der Waals surface area contributed by atoms with Gasteiger partial charge < -0.3 is 19.9 Å². The molecule has 1 heterocycles. The van der Waals surface area contributed by atoms with Gasteiger partial charge in [0, 0.05) is 6.54 Å². The number of hydrogen-bond acceptors (Lipinski definition) is 4. The van der Waals surface area contributed by atoms with Crippen molar-refractivity contribution < 1.29 is 19.4 Å². The van der Waals surface area contributed by atoms with Crippen molar-refractivity contribution in [1.29, 1.82) is 0 Å². The van der Waals surface area contributed by atoms with Crippen LogP contribution in [0.5, 0.6) is 11.5 Å². The lowest BCUT2D eigenvalue weighted by atomic mass is 10.1. The van der Waals surface area contributed by atoms with E-state index in [9.17, 15) is 9.90 Å². The summed E-state index contributed by atoms with van der Waals surface area (Å²) in [6.45, 7) is 2.92. The fraction of sp³-hybridized carbons (Fsp3) is 0.533. The molecule has 1 aromatic rings. The molecular formula is C15H21NO4. The maximum Gasteiger partial charge on any atom is 0.253 e. The fourth-order valence-electron chi connectivity index (χ4n) is 2.09. The minimum atomic E-state index is -1.17. The summed E-state index contributed by atoms with van der Waals surface area (Å²) in [5, 5.41) is 12.8. The van der Waals surface area contributed by atoms with Crippen molar-refractivity contribution in [3.05, 3.63) is 23.8 Å². The molecule has 1 amide bonds. The molecule has 0 fully saturated rings. The minimum absolute atomic E-state index is 0.179. The maximum atomic E-state index is 11.8. The average molecular weight is 279 g/mol. The second-order valence-electron chi connectivity index (χ2n) is 4.87. The highest BCUT2D eigenvalue weighted by molar-refractivity contribution is 5.82. The number of aliphatic hydroxyl groups is 1. The number of carbonyl (C=O) groups excluding carboxylic acids is 1.